The van der Waals surface area contributed by atoms with Gasteiger partial charge in [-0.05, 0) is 25.0 Å². The lowest BCUT2D eigenvalue weighted by Gasteiger charge is -2.09. The van der Waals surface area contributed by atoms with E-state index in [1.54, 1.807) is 6.20 Å². The molecule has 1 N–H and O–H groups in total. The Morgan fingerprint density at radius 3 is 2.72 bits per heavy atom. The number of fused-ring (bicyclic) bond motifs is 1. The quantitative estimate of drug-likeness (QED) is 0.943. The molecule has 1 aliphatic rings. The first-order valence-corrected chi connectivity index (χ1v) is 7.97. The van der Waals surface area contributed by atoms with E-state index in [0.717, 1.165) is 28.1 Å². The molecular formula is C12H11BrN2O2S. The van der Waals surface area contributed by atoms with Crippen molar-refractivity contribution in [2.75, 3.05) is 4.72 Å². The molecule has 6 heteroatoms. The van der Waals surface area contributed by atoms with Gasteiger partial charge in [0.15, 0.2) is 0 Å². The van der Waals surface area contributed by atoms with Gasteiger partial charge in [0.2, 0.25) is 10.0 Å². The molecule has 1 aromatic carbocycles. The predicted octanol–water partition coefficient (Wildman–Crippen LogP) is 2.90. The first-order valence-electron chi connectivity index (χ1n) is 5.63. The number of nitrogens with one attached hydrogen (secondary N) is 1. The summed E-state index contributed by atoms with van der Waals surface area (Å²) < 4.78 is 27.4. The maximum atomic E-state index is 11.9. The zero-order valence-electron chi connectivity index (χ0n) is 9.43. The van der Waals surface area contributed by atoms with E-state index in [9.17, 15) is 8.42 Å². The molecule has 0 unspecified atom stereocenters. The Bertz CT molecular complexity index is 711. The molecule has 0 radical (unpaired) electrons. The number of halogens is 1. The number of benzene rings is 1. The number of hydrogen-bond donors (Lipinski definition) is 1. The van der Waals surface area contributed by atoms with Gasteiger partial charge in [0.1, 0.15) is 5.82 Å². The molecule has 1 heterocycles. The molecule has 0 bridgehead atoms. The molecule has 0 atom stereocenters. The third kappa shape index (κ3) is 2.10. The SMILES string of the molecule is O=S(=O)(Nc1nccc2c(Br)cccc12)C1CC1. The van der Waals surface area contributed by atoms with Crippen LogP contribution in [0.4, 0.5) is 5.82 Å². The molecule has 2 aromatic rings. The predicted molar refractivity (Wildman–Crippen MR) is 75.0 cm³/mol. The van der Waals surface area contributed by atoms with Crippen LogP contribution >= 0.6 is 15.9 Å². The standard InChI is InChI=1S/C12H11BrN2O2S/c13-11-3-1-2-10-9(11)6-7-14-12(10)15-18(16,17)8-4-5-8/h1-3,6-8H,4-5H2,(H,14,15). The van der Waals surface area contributed by atoms with Crippen molar-refractivity contribution in [3.05, 3.63) is 34.9 Å². The van der Waals surface area contributed by atoms with Crippen molar-refractivity contribution in [3.63, 3.8) is 0 Å². The zero-order chi connectivity index (χ0) is 12.8. The highest BCUT2D eigenvalue weighted by Crippen LogP contribution is 2.32. The van der Waals surface area contributed by atoms with Gasteiger partial charge in [-0.25, -0.2) is 13.4 Å². The van der Waals surface area contributed by atoms with Crippen LogP contribution in [0.15, 0.2) is 34.9 Å². The van der Waals surface area contributed by atoms with E-state index < -0.39 is 10.0 Å². The second-order valence-corrected chi connectivity index (χ2v) is 7.16. The lowest BCUT2D eigenvalue weighted by molar-refractivity contribution is 0.600. The van der Waals surface area contributed by atoms with Gasteiger partial charge in [-0.3, -0.25) is 4.72 Å². The normalized spacial score (nSPS) is 15.8. The monoisotopic (exact) mass is 326 g/mol. The van der Waals surface area contributed by atoms with Crippen molar-refractivity contribution in [2.45, 2.75) is 18.1 Å². The summed E-state index contributed by atoms with van der Waals surface area (Å²) in [5, 5.41) is 1.50. The lowest BCUT2D eigenvalue weighted by Crippen LogP contribution is -2.18. The third-order valence-electron chi connectivity index (χ3n) is 2.96. The summed E-state index contributed by atoms with van der Waals surface area (Å²) in [6.45, 7) is 0. The summed E-state index contributed by atoms with van der Waals surface area (Å²) in [6.07, 6.45) is 3.09. The van der Waals surface area contributed by atoms with Crippen molar-refractivity contribution < 1.29 is 8.42 Å². The molecule has 0 aliphatic heterocycles. The number of nitrogens with zero attached hydrogens (tertiary/aromatic N) is 1. The minimum Gasteiger partial charge on any atom is -0.267 e. The van der Waals surface area contributed by atoms with Crippen LogP contribution in [0.3, 0.4) is 0 Å². The number of sulfonamides is 1. The van der Waals surface area contributed by atoms with Crippen LogP contribution in [-0.2, 0) is 10.0 Å². The van der Waals surface area contributed by atoms with Crippen molar-refractivity contribution in [1.82, 2.24) is 4.98 Å². The molecule has 94 valence electrons. The molecule has 1 fully saturated rings. The van der Waals surface area contributed by atoms with Crippen LogP contribution in [0.2, 0.25) is 0 Å². The summed E-state index contributed by atoms with van der Waals surface area (Å²) in [4.78, 5) is 4.13. The van der Waals surface area contributed by atoms with Crippen LogP contribution < -0.4 is 4.72 Å². The van der Waals surface area contributed by atoms with E-state index in [4.69, 9.17) is 0 Å². The lowest BCUT2D eigenvalue weighted by atomic mass is 10.2. The highest BCUT2D eigenvalue weighted by molar-refractivity contribution is 9.10. The average Bonchev–Trinajstić information content (AvgIpc) is 3.14. The van der Waals surface area contributed by atoms with E-state index in [-0.39, 0.29) is 5.25 Å². The Morgan fingerprint density at radius 1 is 1.22 bits per heavy atom. The number of hydrogen-bond acceptors (Lipinski definition) is 3. The van der Waals surface area contributed by atoms with E-state index in [1.807, 2.05) is 24.3 Å². The average molecular weight is 327 g/mol. The number of aromatic nitrogens is 1. The Hall–Kier alpha value is -1.14. The van der Waals surface area contributed by atoms with Crippen LogP contribution in [0.5, 0.6) is 0 Å². The summed E-state index contributed by atoms with van der Waals surface area (Å²) in [7, 11) is -3.27. The Kier molecular flexibility index (Phi) is 2.79. The maximum Gasteiger partial charge on any atom is 0.236 e. The fourth-order valence-corrected chi connectivity index (χ4v) is 3.70. The van der Waals surface area contributed by atoms with E-state index >= 15 is 0 Å². The van der Waals surface area contributed by atoms with Gasteiger partial charge in [-0.1, -0.05) is 28.1 Å². The molecule has 18 heavy (non-hydrogen) atoms. The van der Waals surface area contributed by atoms with E-state index in [1.165, 1.54) is 0 Å². The molecule has 0 spiro atoms. The Morgan fingerprint density at radius 2 is 2.00 bits per heavy atom. The van der Waals surface area contributed by atoms with E-state index in [2.05, 4.69) is 25.6 Å². The van der Waals surface area contributed by atoms with Gasteiger partial charge in [0, 0.05) is 21.4 Å². The van der Waals surface area contributed by atoms with Gasteiger partial charge < -0.3 is 0 Å². The highest BCUT2D eigenvalue weighted by Gasteiger charge is 2.36. The summed E-state index contributed by atoms with van der Waals surface area (Å²) in [6, 6.07) is 7.50. The van der Waals surface area contributed by atoms with Crippen molar-refractivity contribution in [3.8, 4) is 0 Å². The van der Waals surface area contributed by atoms with Gasteiger partial charge in [-0.15, -0.1) is 0 Å². The van der Waals surface area contributed by atoms with Crippen molar-refractivity contribution in [1.29, 1.82) is 0 Å². The fraction of sp³-hybridized carbons (Fsp3) is 0.250. The first kappa shape index (κ1) is 11.9. The Labute approximate surface area is 114 Å². The molecule has 1 aliphatic carbocycles. The molecule has 3 rings (SSSR count). The molecule has 1 saturated carbocycles. The highest BCUT2D eigenvalue weighted by atomic mass is 79.9. The topological polar surface area (TPSA) is 59.1 Å². The molecule has 0 amide bonds. The Balaban J connectivity index is 2.10. The molecular weight excluding hydrogens is 316 g/mol. The zero-order valence-corrected chi connectivity index (χ0v) is 11.8. The fourth-order valence-electron chi connectivity index (χ4n) is 1.85. The number of anilines is 1. The van der Waals surface area contributed by atoms with Gasteiger partial charge >= 0.3 is 0 Å². The smallest absolute Gasteiger partial charge is 0.236 e. The van der Waals surface area contributed by atoms with Crippen LogP contribution in [-0.4, -0.2) is 18.7 Å². The van der Waals surface area contributed by atoms with Crippen LogP contribution in [0, 0.1) is 0 Å². The number of pyridine rings is 1. The maximum absolute atomic E-state index is 11.9. The molecule has 4 nitrogen and oxygen atoms in total. The summed E-state index contributed by atoms with van der Waals surface area (Å²) in [5.41, 5.74) is 0. The first-order chi connectivity index (χ1) is 8.58. The van der Waals surface area contributed by atoms with Crippen molar-refractivity contribution in [2.24, 2.45) is 0 Å². The summed E-state index contributed by atoms with van der Waals surface area (Å²) in [5.74, 6) is 0.403. The summed E-state index contributed by atoms with van der Waals surface area (Å²) >= 11 is 3.45. The van der Waals surface area contributed by atoms with Gasteiger partial charge in [0.25, 0.3) is 0 Å². The minimum atomic E-state index is -3.27. The van der Waals surface area contributed by atoms with Gasteiger partial charge in [0.05, 0.1) is 5.25 Å². The van der Waals surface area contributed by atoms with Crippen LogP contribution in [0.25, 0.3) is 10.8 Å². The molecule has 1 aromatic heterocycles. The minimum absolute atomic E-state index is 0.248. The van der Waals surface area contributed by atoms with Gasteiger partial charge in [-0.2, -0.15) is 0 Å². The third-order valence-corrected chi connectivity index (χ3v) is 5.47. The largest absolute Gasteiger partial charge is 0.267 e. The second kappa shape index (κ2) is 4.20. The van der Waals surface area contributed by atoms with E-state index in [0.29, 0.717) is 5.82 Å². The second-order valence-electron chi connectivity index (χ2n) is 4.34. The number of rotatable bonds is 3. The van der Waals surface area contributed by atoms with Crippen molar-refractivity contribution >= 4 is 42.5 Å². The van der Waals surface area contributed by atoms with Crippen LogP contribution in [0.1, 0.15) is 12.8 Å². The molecule has 0 saturated heterocycles.